The topological polar surface area (TPSA) is 94.8 Å². The first kappa shape index (κ1) is 13.8. The normalized spacial score (nSPS) is 10.7. The summed E-state index contributed by atoms with van der Waals surface area (Å²) in [6.07, 6.45) is 1.35. The number of hydrogen-bond acceptors (Lipinski definition) is 5. The van der Waals surface area contributed by atoms with Crippen molar-refractivity contribution < 1.29 is 15.0 Å². The van der Waals surface area contributed by atoms with Crippen LogP contribution in [0.5, 0.6) is 5.75 Å². The molecule has 20 heavy (non-hydrogen) atoms. The van der Waals surface area contributed by atoms with Gasteiger partial charge in [0.15, 0.2) is 5.82 Å². The van der Waals surface area contributed by atoms with Gasteiger partial charge in [-0.15, -0.1) is 0 Å². The van der Waals surface area contributed by atoms with Gasteiger partial charge < -0.3 is 10.2 Å². The first-order chi connectivity index (χ1) is 9.58. The highest BCUT2D eigenvalue weighted by Gasteiger charge is 2.11. The smallest absolute Gasteiger partial charge is 0.339 e. The van der Waals surface area contributed by atoms with Crippen LogP contribution in [0.2, 0.25) is 5.15 Å². The van der Waals surface area contributed by atoms with Gasteiger partial charge in [-0.05, 0) is 24.3 Å². The molecule has 0 amide bonds. The number of anilines is 1. The molecule has 0 spiro atoms. The van der Waals surface area contributed by atoms with E-state index in [1.165, 1.54) is 24.4 Å². The molecule has 1 aromatic carbocycles. The standard InChI is InChI=1S/C13H10ClN3O3/c14-11-6-5-9(13(19)20)12(16-11)17-15-7-8-3-1-2-4-10(8)18/h1-7,18H,(H,16,17)(H,19,20)/b15-7-. The number of benzene rings is 1. The number of aromatic nitrogens is 1. The van der Waals surface area contributed by atoms with Gasteiger partial charge in [-0.1, -0.05) is 23.7 Å². The molecule has 0 saturated heterocycles. The number of carbonyl (C=O) groups is 1. The molecule has 7 heteroatoms. The number of nitrogens with one attached hydrogen (secondary N) is 1. The third kappa shape index (κ3) is 3.24. The van der Waals surface area contributed by atoms with Crippen LogP contribution in [0.3, 0.4) is 0 Å². The second-order valence-electron chi connectivity index (χ2n) is 3.76. The Morgan fingerprint density at radius 2 is 2.05 bits per heavy atom. The Hall–Kier alpha value is -2.60. The molecule has 3 N–H and O–H groups in total. The molecule has 2 rings (SSSR count). The summed E-state index contributed by atoms with van der Waals surface area (Å²) < 4.78 is 0. The second-order valence-corrected chi connectivity index (χ2v) is 4.15. The molecule has 0 aliphatic heterocycles. The summed E-state index contributed by atoms with van der Waals surface area (Å²) in [6, 6.07) is 9.30. The number of aromatic hydroxyl groups is 1. The van der Waals surface area contributed by atoms with Crippen molar-refractivity contribution in [2.45, 2.75) is 0 Å². The number of hydrogen-bond donors (Lipinski definition) is 3. The summed E-state index contributed by atoms with van der Waals surface area (Å²) in [5, 5.41) is 22.5. The third-order valence-corrected chi connectivity index (χ3v) is 2.61. The number of halogens is 1. The number of carboxylic acid groups (broad SMARTS) is 1. The summed E-state index contributed by atoms with van der Waals surface area (Å²) in [4.78, 5) is 14.9. The largest absolute Gasteiger partial charge is 0.507 e. The minimum absolute atomic E-state index is 0.0247. The van der Waals surface area contributed by atoms with Crippen LogP contribution in [0.15, 0.2) is 41.5 Å². The van der Waals surface area contributed by atoms with Gasteiger partial charge in [-0.3, -0.25) is 5.43 Å². The lowest BCUT2D eigenvalue weighted by Crippen LogP contribution is -2.04. The van der Waals surface area contributed by atoms with Crippen molar-refractivity contribution in [1.82, 2.24) is 4.98 Å². The molecule has 0 fully saturated rings. The van der Waals surface area contributed by atoms with Gasteiger partial charge in [0.2, 0.25) is 0 Å². The van der Waals surface area contributed by atoms with Gasteiger partial charge in [0.1, 0.15) is 16.5 Å². The zero-order chi connectivity index (χ0) is 14.5. The summed E-state index contributed by atoms with van der Waals surface area (Å²) in [5.74, 6) is -1.05. The highest BCUT2D eigenvalue weighted by Crippen LogP contribution is 2.17. The van der Waals surface area contributed by atoms with E-state index in [1.807, 2.05) is 0 Å². The molecule has 0 unspecified atom stereocenters. The molecule has 0 radical (unpaired) electrons. The van der Waals surface area contributed by atoms with Gasteiger partial charge >= 0.3 is 5.97 Å². The number of pyridine rings is 1. The highest BCUT2D eigenvalue weighted by atomic mass is 35.5. The van der Waals surface area contributed by atoms with Crippen molar-refractivity contribution >= 4 is 29.6 Å². The number of hydrazone groups is 1. The highest BCUT2D eigenvalue weighted by molar-refractivity contribution is 6.29. The van der Waals surface area contributed by atoms with Gasteiger partial charge in [0.05, 0.1) is 6.21 Å². The molecule has 0 atom stereocenters. The van der Waals surface area contributed by atoms with Crippen molar-refractivity contribution in [3.8, 4) is 5.75 Å². The third-order valence-electron chi connectivity index (χ3n) is 2.40. The number of para-hydroxylation sites is 1. The maximum absolute atomic E-state index is 11.0. The van der Waals surface area contributed by atoms with E-state index in [0.29, 0.717) is 5.56 Å². The van der Waals surface area contributed by atoms with Crippen molar-refractivity contribution in [1.29, 1.82) is 0 Å². The van der Waals surface area contributed by atoms with E-state index in [9.17, 15) is 9.90 Å². The Labute approximate surface area is 119 Å². The van der Waals surface area contributed by atoms with E-state index in [1.54, 1.807) is 18.2 Å². The van der Waals surface area contributed by atoms with Crippen molar-refractivity contribution in [2.24, 2.45) is 5.10 Å². The van der Waals surface area contributed by atoms with Crippen LogP contribution in [0.1, 0.15) is 15.9 Å². The first-order valence-corrected chi connectivity index (χ1v) is 5.92. The Balaban J connectivity index is 2.21. The van der Waals surface area contributed by atoms with Gasteiger partial charge in [0, 0.05) is 5.56 Å². The molecular weight excluding hydrogens is 282 g/mol. The SMILES string of the molecule is O=C(O)c1ccc(Cl)nc1N/N=C\c1ccccc1O. The molecule has 2 aromatic rings. The molecule has 1 heterocycles. The van der Waals surface area contributed by atoms with Crippen molar-refractivity contribution in [3.63, 3.8) is 0 Å². The zero-order valence-electron chi connectivity index (χ0n) is 10.1. The van der Waals surface area contributed by atoms with E-state index < -0.39 is 5.97 Å². The van der Waals surface area contributed by atoms with Crippen LogP contribution >= 0.6 is 11.6 Å². The average molecular weight is 292 g/mol. The first-order valence-electron chi connectivity index (χ1n) is 5.55. The lowest BCUT2D eigenvalue weighted by Gasteiger charge is -2.04. The molecule has 0 bridgehead atoms. The molecule has 1 aromatic heterocycles. The van der Waals surface area contributed by atoms with E-state index in [-0.39, 0.29) is 22.3 Å². The van der Waals surface area contributed by atoms with E-state index in [2.05, 4.69) is 15.5 Å². The van der Waals surface area contributed by atoms with E-state index >= 15 is 0 Å². The molecule has 0 aliphatic carbocycles. The molecule has 102 valence electrons. The maximum Gasteiger partial charge on any atom is 0.339 e. The quantitative estimate of drug-likeness (QED) is 0.457. The Kier molecular flexibility index (Phi) is 4.17. The molecular formula is C13H10ClN3O3. The van der Waals surface area contributed by atoms with Crippen LogP contribution in [-0.2, 0) is 0 Å². The fourth-order valence-electron chi connectivity index (χ4n) is 1.45. The van der Waals surface area contributed by atoms with Crippen LogP contribution in [0.4, 0.5) is 5.82 Å². The number of nitrogens with zero attached hydrogens (tertiary/aromatic N) is 2. The monoisotopic (exact) mass is 291 g/mol. The van der Waals surface area contributed by atoms with Gasteiger partial charge in [0.25, 0.3) is 0 Å². The molecule has 6 nitrogen and oxygen atoms in total. The second kappa shape index (κ2) is 6.03. The number of carboxylic acids is 1. The zero-order valence-corrected chi connectivity index (χ0v) is 10.9. The predicted molar refractivity (Wildman–Crippen MR) is 75.5 cm³/mol. The number of aromatic carboxylic acids is 1. The Bertz CT molecular complexity index is 674. The number of rotatable bonds is 4. The van der Waals surface area contributed by atoms with Crippen LogP contribution in [-0.4, -0.2) is 27.4 Å². The summed E-state index contributed by atoms with van der Waals surface area (Å²) in [6.45, 7) is 0. The van der Waals surface area contributed by atoms with Crippen LogP contribution in [0.25, 0.3) is 0 Å². The summed E-state index contributed by atoms with van der Waals surface area (Å²) in [5.41, 5.74) is 2.93. The minimum atomic E-state index is -1.14. The Morgan fingerprint density at radius 1 is 1.30 bits per heavy atom. The van der Waals surface area contributed by atoms with E-state index in [4.69, 9.17) is 16.7 Å². The Morgan fingerprint density at radius 3 is 2.75 bits per heavy atom. The van der Waals surface area contributed by atoms with Crippen molar-refractivity contribution in [3.05, 3.63) is 52.7 Å². The van der Waals surface area contributed by atoms with Gasteiger partial charge in [-0.25, -0.2) is 9.78 Å². The lowest BCUT2D eigenvalue weighted by molar-refractivity contribution is 0.0697. The van der Waals surface area contributed by atoms with Crippen LogP contribution in [0, 0.1) is 0 Å². The average Bonchev–Trinajstić information content (AvgIpc) is 2.41. The minimum Gasteiger partial charge on any atom is -0.507 e. The fourth-order valence-corrected chi connectivity index (χ4v) is 1.60. The number of phenols is 1. The van der Waals surface area contributed by atoms with Crippen LogP contribution < -0.4 is 5.43 Å². The van der Waals surface area contributed by atoms with Crippen molar-refractivity contribution in [2.75, 3.05) is 5.43 Å². The van der Waals surface area contributed by atoms with Gasteiger partial charge in [-0.2, -0.15) is 5.10 Å². The lowest BCUT2D eigenvalue weighted by atomic mass is 10.2. The summed E-state index contributed by atoms with van der Waals surface area (Å²) >= 11 is 5.71. The summed E-state index contributed by atoms with van der Waals surface area (Å²) in [7, 11) is 0. The van der Waals surface area contributed by atoms with E-state index in [0.717, 1.165) is 0 Å². The maximum atomic E-state index is 11.0. The molecule has 0 saturated carbocycles. The predicted octanol–water partition coefficient (Wildman–Crippen LogP) is 2.58. The number of phenolic OH excluding ortho intramolecular Hbond substituents is 1. The molecule has 0 aliphatic rings. The fraction of sp³-hybridized carbons (Fsp3) is 0.